The van der Waals surface area contributed by atoms with Crippen LogP contribution in [0.5, 0.6) is 0 Å². The summed E-state index contributed by atoms with van der Waals surface area (Å²) in [7, 11) is 0. The lowest BCUT2D eigenvalue weighted by atomic mass is 9.89. The number of para-hydroxylation sites is 2. The van der Waals surface area contributed by atoms with E-state index in [1.54, 1.807) is 0 Å². The Labute approximate surface area is 465 Å². The lowest BCUT2D eigenvalue weighted by Gasteiger charge is -2.38. The highest BCUT2D eigenvalue weighted by molar-refractivity contribution is 6.23. The lowest BCUT2D eigenvalue weighted by molar-refractivity contribution is 0.328. The molecule has 386 valence electrons. The zero-order chi connectivity index (χ0) is 52.9. The van der Waals surface area contributed by atoms with Crippen molar-refractivity contribution in [2.45, 2.75) is 43.9 Å². The molecule has 0 saturated heterocycles. The van der Waals surface area contributed by atoms with Crippen LogP contribution >= 0.6 is 0 Å². The molecule has 8 nitrogen and oxygen atoms in total. The maximum absolute atomic E-state index is 5.81. The molecule has 11 aromatic rings. The number of nitrogens with zero attached hydrogens (tertiary/aromatic N) is 4. The summed E-state index contributed by atoms with van der Waals surface area (Å²) in [6.07, 6.45) is 11.2. The second kappa shape index (κ2) is 20.3. The summed E-state index contributed by atoms with van der Waals surface area (Å²) in [5, 5.41) is 19.7. The Morgan fingerprint density at radius 3 is 1.73 bits per heavy atom. The first-order valence-corrected chi connectivity index (χ1v) is 28.0. The van der Waals surface area contributed by atoms with E-state index in [0.717, 1.165) is 75.7 Å². The third-order valence-electron chi connectivity index (χ3n) is 16.5. The summed E-state index contributed by atoms with van der Waals surface area (Å²) in [6, 6.07) is 84.8. The quantitative estimate of drug-likeness (QED) is 0.110. The molecule has 0 spiro atoms. The van der Waals surface area contributed by atoms with Crippen LogP contribution in [0.1, 0.15) is 64.9 Å². The minimum absolute atomic E-state index is 0.0223. The number of nitrogens with one attached hydrogen (secondary N) is 4. The highest BCUT2D eigenvalue weighted by atomic mass is 15.3. The monoisotopic (exact) mass is 1030 g/mol. The van der Waals surface area contributed by atoms with E-state index in [4.69, 9.17) is 9.98 Å². The predicted molar refractivity (Wildman–Crippen MR) is 329 cm³/mol. The van der Waals surface area contributed by atoms with Crippen LogP contribution in [0.4, 0.5) is 0 Å². The van der Waals surface area contributed by atoms with Crippen LogP contribution in [-0.2, 0) is 6.42 Å². The second-order valence-corrected chi connectivity index (χ2v) is 21.3. The Bertz CT molecular complexity index is 4250. The average molecular weight is 1040 g/mol. The molecule has 9 aromatic carbocycles. The van der Waals surface area contributed by atoms with E-state index in [1.165, 1.54) is 60.7 Å². The summed E-state index contributed by atoms with van der Waals surface area (Å²) >= 11 is 0. The Kier molecular flexibility index (Phi) is 12.1. The summed E-state index contributed by atoms with van der Waals surface area (Å²) < 4.78 is 5.05. The Hall–Kier alpha value is -9.60. The van der Waals surface area contributed by atoms with Crippen molar-refractivity contribution >= 4 is 56.2 Å². The molecule has 0 fully saturated rings. The number of amidine groups is 2. The topological polar surface area (TPSA) is 82.7 Å². The van der Waals surface area contributed by atoms with Crippen molar-refractivity contribution < 1.29 is 0 Å². The van der Waals surface area contributed by atoms with E-state index in [1.807, 2.05) is 0 Å². The molecule has 0 radical (unpaired) electrons. The van der Waals surface area contributed by atoms with Gasteiger partial charge < -0.3 is 19.8 Å². The molecule has 5 atom stereocenters. The lowest BCUT2D eigenvalue weighted by Crippen LogP contribution is -2.55. The Balaban J connectivity index is 0.933. The molecule has 4 aliphatic rings. The molecule has 2 aliphatic heterocycles. The third-order valence-corrected chi connectivity index (χ3v) is 16.5. The largest absolute Gasteiger partial charge is 0.354 e. The zero-order valence-electron chi connectivity index (χ0n) is 44.1. The van der Waals surface area contributed by atoms with Crippen LogP contribution < -0.4 is 21.3 Å². The van der Waals surface area contributed by atoms with E-state index in [0.29, 0.717) is 0 Å². The van der Waals surface area contributed by atoms with Crippen molar-refractivity contribution in [3.8, 4) is 27.9 Å². The van der Waals surface area contributed by atoms with E-state index in [-0.39, 0.29) is 30.6 Å². The molecule has 8 heteroatoms. The summed E-state index contributed by atoms with van der Waals surface area (Å²) in [6.45, 7) is 0. The molecule has 4 heterocycles. The molecule has 4 N–H and O–H groups in total. The minimum atomic E-state index is -0.383. The van der Waals surface area contributed by atoms with Gasteiger partial charge in [-0.1, -0.05) is 231 Å². The van der Waals surface area contributed by atoms with Gasteiger partial charge in [0.15, 0.2) is 0 Å². The van der Waals surface area contributed by atoms with E-state index in [2.05, 4.69) is 291 Å². The molecular weight excluding hydrogens is 977 g/mol. The smallest absolute Gasteiger partial charge is 0.133 e. The van der Waals surface area contributed by atoms with Gasteiger partial charge in [-0.3, -0.25) is 10.6 Å². The maximum atomic E-state index is 5.81. The number of aryl methyl sites for hydroxylation is 1. The summed E-state index contributed by atoms with van der Waals surface area (Å²) in [5.74, 6) is 1.67. The normalized spacial score (nSPS) is 19.8. The van der Waals surface area contributed by atoms with Crippen LogP contribution in [0, 0.1) is 5.92 Å². The first-order valence-electron chi connectivity index (χ1n) is 28.0. The van der Waals surface area contributed by atoms with Gasteiger partial charge in [0.05, 0.1) is 28.4 Å². The zero-order valence-corrected chi connectivity index (χ0v) is 44.1. The van der Waals surface area contributed by atoms with Crippen molar-refractivity contribution in [2.75, 3.05) is 0 Å². The van der Waals surface area contributed by atoms with Crippen LogP contribution in [-0.4, -0.2) is 27.0 Å². The van der Waals surface area contributed by atoms with Crippen LogP contribution in [0.3, 0.4) is 0 Å². The Morgan fingerprint density at radius 2 is 1.02 bits per heavy atom. The number of benzene rings is 9. The minimum Gasteiger partial charge on any atom is -0.354 e. The van der Waals surface area contributed by atoms with Gasteiger partial charge in [0.25, 0.3) is 0 Å². The fraction of sp³-hybridized carbons (Fsp3) is 0.111. The number of allylic oxidation sites excluding steroid dienone is 2. The van der Waals surface area contributed by atoms with Gasteiger partial charge in [0.1, 0.15) is 30.2 Å². The molecule has 2 aromatic heterocycles. The van der Waals surface area contributed by atoms with Gasteiger partial charge in [0, 0.05) is 44.6 Å². The molecule has 0 bridgehead atoms. The second-order valence-electron chi connectivity index (χ2n) is 21.3. The third kappa shape index (κ3) is 8.57. The van der Waals surface area contributed by atoms with Crippen LogP contribution in [0.15, 0.2) is 270 Å². The fourth-order valence-electron chi connectivity index (χ4n) is 12.6. The first kappa shape index (κ1) is 47.6. The molecule has 15 rings (SSSR count). The first-order chi connectivity index (χ1) is 39.7. The van der Waals surface area contributed by atoms with Gasteiger partial charge in [-0.15, -0.1) is 0 Å². The fourth-order valence-corrected chi connectivity index (χ4v) is 12.6. The average Bonchev–Trinajstić information content (AvgIpc) is 4.25. The van der Waals surface area contributed by atoms with Crippen LogP contribution in [0.25, 0.3) is 72.4 Å². The van der Waals surface area contributed by atoms with E-state index >= 15 is 0 Å². The predicted octanol–water partition coefficient (Wildman–Crippen LogP) is 15.5. The highest BCUT2D eigenvalue weighted by Gasteiger charge is 2.36. The van der Waals surface area contributed by atoms with Gasteiger partial charge >= 0.3 is 0 Å². The number of fused-ring (bicyclic) bond motifs is 7. The number of aromatic nitrogens is 2. The Morgan fingerprint density at radius 1 is 0.450 bits per heavy atom. The van der Waals surface area contributed by atoms with Crippen molar-refractivity contribution in [3.05, 3.63) is 294 Å². The number of aliphatic imine (C=N–C) groups is 2. The number of hydrogen-bond acceptors (Lipinski definition) is 6. The van der Waals surface area contributed by atoms with Gasteiger partial charge in [-0.2, -0.15) is 0 Å². The van der Waals surface area contributed by atoms with Gasteiger partial charge in [-0.05, 0) is 94.1 Å². The van der Waals surface area contributed by atoms with Crippen molar-refractivity contribution in [1.82, 2.24) is 30.4 Å². The van der Waals surface area contributed by atoms with Crippen LogP contribution in [0.2, 0.25) is 0 Å². The van der Waals surface area contributed by atoms with E-state index < -0.39 is 0 Å². The van der Waals surface area contributed by atoms with Gasteiger partial charge in [0.2, 0.25) is 0 Å². The van der Waals surface area contributed by atoms with Crippen molar-refractivity contribution in [3.63, 3.8) is 0 Å². The summed E-state index contributed by atoms with van der Waals surface area (Å²) in [5.41, 5.74) is 18.6. The number of hydrogen-bond donors (Lipinski definition) is 4. The highest BCUT2D eigenvalue weighted by Crippen LogP contribution is 2.45. The molecule has 5 unspecified atom stereocenters. The standard InChI is InChI=1S/C72H58N8/c1-6-20-47(21-7-1)49-34-38-53(39-35-49)69-74-70(54-40-36-50(37-41-54)48-22-8-2-9-23-48)78-72(77-69)60-46-55(71-75-67(51-24-10-3-11-25-51)73-68(76-71)52-26-12-4-13-27-52)42-44-63(60)80-61-32-18-16-30-57(61)58-43-45-64-65(66(58)80)59-31-17-19-33-62(59)79(64)56-28-14-5-15-29-56/h1-16,18-30,32-41,43-46,55,67,69-71,74-75H,17,31,42H2,(H,73,76)(H,77,78). The maximum Gasteiger partial charge on any atom is 0.133 e. The van der Waals surface area contributed by atoms with Gasteiger partial charge in [-0.25, -0.2) is 9.98 Å². The SMILES string of the molecule is C1=Cc2c(c3c(ccc4c5ccccc5n(C5=CCC(C6NC(c7ccccc7)=NC(c7ccccc7)N6)C=C5C5=NC(c6ccc(-c7ccccc7)cc6)NC(c6ccc(-c7ccccc7)cc6)N5)c43)n2-c2ccccc2)CC1. The van der Waals surface area contributed by atoms with E-state index in [9.17, 15) is 0 Å². The molecule has 0 saturated carbocycles. The molecule has 2 aliphatic carbocycles. The molecule has 0 amide bonds. The van der Waals surface area contributed by atoms with Crippen molar-refractivity contribution in [1.29, 1.82) is 0 Å². The summed E-state index contributed by atoms with van der Waals surface area (Å²) in [4.78, 5) is 11.1. The molecule has 80 heavy (non-hydrogen) atoms. The van der Waals surface area contributed by atoms with Crippen molar-refractivity contribution in [2.24, 2.45) is 15.9 Å². The molecular formula is C72H58N8. The number of rotatable bonds is 10.